The molecule has 0 heterocycles. The Kier molecular flexibility index (Phi) is 3.20. The lowest BCUT2D eigenvalue weighted by Crippen LogP contribution is -2.28. The van der Waals surface area contributed by atoms with E-state index in [9.17, 15) is 13.9 Å². The van der Waals surface area contributed by atoms with Gasteiger partial charge in [-0.15, -0.1) is 0 Å². The van der Waals surface area contributed by atoms with Gasteiger partial charge in [0, 0.05) is 12.8 Å². The fourth-order valence-corrected chi connectivity index (χ4v) is 1.91. The fourth-order valence-electron chi connectivity index (χ4n) is 1.91. The molecule has 0 amide bonds. The Morgan fingerprint density at radius 3 is 2.36 bits per heavy atom. The number of hydrogen-bond donors (Lipinski definition) is 1. The van der Waals surface area contributed by atoms with Crippen LogP contribution >= 0.6 is 0 Å². The Morgan fingerprint density at radius 1 is 1.43 bits per heavy atom. The van der Waals surface area contributed by atoms with Gasteiger partial charge in [-0.3, -0.25) is 0 Å². The van der Waals surface area contributed by atoms with E-state index in [2.05, 4.69) is 0 Å². The lowest BCUT2D eigenvalue weighted by Gasteiger charge is -2.28. The molecule has 0 bridgehead atoms. The molecular formula is C11H20F2O. The molecule has 0 aromatic rings. The second-order valence-corrected chi connectivity index (χ2v) is 5.58. The van der Waals surface area contributed by atoms with Gasteiger partial charge in [0.05, 0.1) is 6.10 Å². The lowest BCUT2D eigenvalue weighted by molar-refractivity contribution is -0.00300. The van der Waals surface area contributed by atoms with E-state index in [4.69, 9.17) is 0 Å². The van der Waals surface area contributed by atoms with Gasteiger partial charge >= 0.3 is 0 Å². The number of aliphatic hydroxyl groups is 1. The first-order valence-electron chi connectivity index (χ1n) is 5.26. The highest BCUT2D eigenvalue weighted by Gasteiger charge is 2.40. The van der Waals surface area contributed by atoms with Crippen LogP contribution in [0.4, 0.5) is 8.78 Å². The molecule has 1 aliphatic carbocycles. The summed E-state index contributed by atoms with van der Waals surface area (Å²) in [5.74, 6) is -2.48. The molecular weight excluding hydrogens is 186 g/mol. The Bertz CT molecular complexity index is 196. The predicted octanol–water partition coefficient (Wildman–Crippen LogP) is 3.22. The molecule has 2 unspecified atom stereocenters. The van der Waals surface area contributed by atoms with E-state index in [1.165, 1.54) is 0 Å². The van der Waals surface area contributed by atoms with E-state index in [1.54, 1.807) is 0 Å². The summed E-state index contributed by atoms with van der Waals surface area (Å²) in [6, 6.07) is 0. The topological polar surface area (TPSA) is 20.2 Å². The molecule has 1 rings (SSSR count). The Balaban J connectivity index is 2.40. The van der Waals surface area contributed by atoms with E-state index >= 15 is 0 Å². The van der Waals surface area contributed by atoms with Crippen molar-refractivity contribution in [3.05, 3.63) is 0 Å². The van der Waals surface area contributed by atoms with Gasteiger partial charge in [-0.2, -0.15) is 0 Å². The molecule has 0 radical (unpaired) electrons. The second kappa shape index (κ2) is 3.76. The number of hydrogen-bond acceptors (Lipinski definition) is 1. The minimum absolute atomic E-state index is 0.000718. The van der Waals surface area contributed by atoms with Crippen LogP contribution in [0.2, 0.25) is 0 Å². The normalized spacial score (nSPS) is 29.1. The molecule has 0 aliphatic heterocycles. The van der Waals surface area contributed by atoms with Gasteiger partial charge in [0.1, 0.15) is 0 Å². The van der Waals surface area contributed by atoms with Crippen molar-refractivity contribution in [2.75, 3.05) is 0 Å². The molecule has 84 valence electrons. The first-order chi connectivity index (χ1) is 6.21. The van der Waals surface area contributed by atoms with Crippen LogP contribution in [0.3, 0.4) is 0 Å². The van der Waals surface area contributed by atoms with Crippen LogP contribution in [0.5, 0.6) is 0 Å². The summed E-state index contributed by atoms with van der Waals surface area (Å²) in [5, 5.41) is 9.77. The van der Waals surface area contributed by atoms with Crippen molar-refractivity contribution in [3.63, 3.8) is 0 Å². The van der Waals surface area contributed by atoms with Crippen molar-refractivity contribution in [1.82, 2.24) is 0 Å². The smallest absolute Gasteiger partial charge is 0.248 e. The average molecular weight is 206 g/mol. The summed E-state index contributed by atoms with van der Waals surface area (Å²) >= 11 is 0. The van der Waals surface area contributed by atoms with Crippen LogP contribution in [0.1, 0.15) is 46.5 Å². The van der Waals surface area contributed by atoms with Gasteiger partial charge in [0.2, 0.25) is 5.92 Å². The lowest BCUT2D eigenvalue weighted by atomic mass is 9.83. The first-order valence-corrected chi connectivity index (χ1v) is 5.26. The fraction of sp³-hybridized carbons (Fsp3) is 1.00. The first kappa shape index (κ1) is 11.9. The number of alkyl halides is 2. The molecule has 3 heteroatoms. The zero-order valence-corrected chi connectivity index (χ0v) is 9.19. The van der Waals surface area contributed by atoms with Crippen molar-refractivity contribution in [3.8, 4) is 0 Å². The summed E-state index contributed by atoms with van der Waals surface area (Å²) < 4.78 is 25.7. The van der Waals surface area contributed by atoms with Gasteiger partial charge in [-0.05, 0) is 24.2 Å². The zero-order valence-electron chi connectivity index (χ0n) is 9.19. The zero-order chi connectivity index (χ0) is 11.0. The third-order valence-corrected chi connectivity index (χ3v) is 3.06. The monoisotopic (exact) mass is 206 g/mol. The molecule has 0 aromatic heterocycles. The minimum Gasteiger partial charge on any atom is -0.393 e. The van der Waals surface area contributed by atoms with Crippen LogP contribution < -0.4 is 0 Å². The molecule has 1 N–H and O–H groups in total. The third kappa shape index (κ3) is 3.19. The van der Waals surface area contributed by atoms with Crippen molar-refractivity contribution in [2.45, 2.75) is 58.5 Å². The van der Waals surface area contributed by atoms with Crippen LogP contribution in [0.15, 0.2) is 0 Å². The van der Waals surface area contributed by atoms with Crippen LogP contribution in [0, 0.1) is 11.3 Å². The quantitative estimate of drug-likeness (QED) is 0.735. The number of aliphatic hydroxyl groups excluding tert-OH is 1. The molecule has 0 saturated heterocycles. The molecule has 1 nitrogen and oxygen atoms in total. The average Bonchev–Trinajstić information content (AvgIpc) is 2.28. The van der Waals surface area contributed by atoms with Gasteiger partial charge in [-0.1, -0.05) is 20.8 Å². The van der Waals surface area contributed by atoms with Crippen LogP contribution in [-0.2, 0) is 0 Å². The maximum absolute atomic E-state index is 12.9. The molecule has 1 fully saturated rings. The molecule has 1 aliphatic rings. The van der Waals surface area contributed by atoms with Crippen molar-refractivity contribution < 1.29 is 13.9 Å². The Labute approximate surface area is 84.5 Å². The van der Waals surface area contributed by atoms with Crippen LogP contribution in [0.25, 0.3) is 0 Å². The predicted molar refractivity (Wildman–Crippen MR) is 52.4 cm³/mol. The Morgan fingerprint density at radius 2 is 2.00 bits per heavy atom. The van der Waals surface area contributed by atoms with E-state index in [-0.39, 0.29) is 24.2 Å². The SMILES string of the molecule is CC(C)(C)C(O)CC1CCC(F)(F)C1. The van der Waals surface area contributed by atoms with Gasteiger partial charge in [-0.25, -0.2) is 8.78 Å². The molecule has 14 heavy (non-hydrogen) atoms. The summed E-state index contributed by atoms with van der Waals surface area (Å²) in [6.45, 7) is 5.81. The summed E-state index contributed by atoms with van der Waals surface area (Å²) in [6.07, 6.45) is 0.551. The van der Waals surface area contributed by atoms with Crippen molar-refractivity contribution in [2.24, 2.45) is 11.3 Å². The molecule has 0 aromatic carbocycles. The minimum atomic E-state index is -2.48. The molecule has 2 atom stereocenters. The van der Waals surface area contributed by atoms with E-state index in [0.717, 1.165) is 0 Å². The molecule has 0 spiro atoms. The molecule has 1 saturated carbocycles. The summed E-state index contributed by atoms with van der Waals surface area (Å²) in [4.78, 5) is 0. The van der Waals surface area contributed by atoms with Gasteiger partial charge in [0.25, 0.3) is 0 Å². The van der Waals surface area contributed by atoms with E-state index in [0.29, 0.717) is 12.8 Å². The van der Waals surface area contributed by atoms with E-state index in [1.807, 2.05) is 20.8 Å². The third-order valence-electron chi connectivity index (χ3n) is 3.06. The maximum Gasteiger partial charge on any atom is 0.248 e. The summed E-state index contributed by atoms with van der Waals surface area (Å²) in [7, 11) is 0. The highest BCUT2D eigenvalue weighted by atomic mass is 19.3. The van der Waals surface area contributed by atoms with Gasteiger partial charge in [0.15, 0.2) is 0 Å². The van der Waals surface area contributed by atoms with E-state index < -0.39 is 12.0 Å². The Hall–Kier alpha value is -0.180. The standard InChI is InChI=1S/C11H20F2O/c1-10(2,3)9(14)6-8-4-5-11(12,13)7-8/h8-9,14H,4-7H2,1-3H3. The number of rotatable bonds is 2. The highest BCUT2D eigenvalue weighted by molar-refractivity contribution is 4.85. The summed E-state index contributed by atoms with van der Waals surface area (Å²) in [5.41, 5.74) is -0.197. The van der Waals surface area contributed by atoms with Gasteiger partial charge < -0.3 is 5.11 Å². The van der Waals surface area contributed by atoms with Crippen molar-refractivity contribution in [1.29, 1.82) is 0 Å². The second-order valence-electron chi connectivity index (χ2n) is 5.58. The maximum atomic E-state index is 12.9. The van der Waals surface area contributed by atoms with Crippen LogP contribution in [-0.4, -0.2) is 17.1 Å². The highest BCUT2D eigenvalue weighted by Crippen LogP contribution is 2.42. The largest absolute Gasteiger partial charge is 0.393 e. The number of halogens is 2. The van der Waals surface area contributed by atoms with Crippen molar-refractivity contribution >= 4 is 0 Å².